The number of aliphatic hydroxyl groups is 1. The monoisotopic (exact) mass is 239 g/mol. The quantitative estimate of drug-likeness (QED) is 0.739. The Labute approximate surface area is 98.6 Å². The zero-order valence-corrected chi connectivity index (χ0v) is 9.27. The fraction of sp³-hybridized carbons (Fsp3) is 0.250. The van der Waals surface area contributed by atoms with Crippen LogP contribution in [0.2, 0.25) is 0 Å². The van der Waals surface area contributed by atoms with E-state index in [2.05, 4.69) is 6.58 Å². The Bertz CT molecular complexity index is 420. The van der Waals surface area contributed by atoms with Crippen LogP contribution in [-0.4, -0.2) is 35.9 Å². The van der Waals surface area contributed by atoms with Crippen LogP contribution in [0, 0.1) is 5.82 Å². The van der Waals surface area contributed by atoms with Gasteiger partial charge in [0.25, 0.3) is 0 Å². The van der Waals surface area contributed by atoms with Gasteiger partial charge in [0.2, 0.25) is 0 Å². The van der Waals surface area contributed by atoms with E-state index in [9.17, 15) is 9.18 Å². The normalized spacial score (nSPS) is 10.0. The number of carboxylic acid groups (broad SMARTS) is 1. The lowest BCUT2D eigenvalue weighted by atomic mass is 10.1. The molecule has 1 aromatic rings. The van der Waals surface area contributed by atoms with Gasteiger partial charge in [-0.05, 0) is 12.1 Å². The number of para-hydroxylation sites is 1. The minimum atomic E-state index is -1.20. The molecule has 0 atom stereocenters. The van der Waals surface area contributed by atoms with Crippen LogP contribution in [0.25, 0.3) is 0 Å². The number of aliphatic hydroxyl groups excluding tert-OH is 1. The number of aromatic carboxylic acids is 1. The van der Waals surface area contributed by atoms with Crippen LogP contribution in [0.3, 0.4) is 0 Å². The molecule has 0 amide bonds. The maximum Gasteiger partial charge on any atom is 0.337 e. The van der Waals surface area contributed by atoms with Gasteiger partial charge in [0.05, 0.1) is 17.9 Å². The summed E-state index contributed by atoms with van der Waals surface area (Å²) in [6, 6.07) is 3.86. The van der Waals surface area contributed by atoms with E-state index >= 15 is 0 Å². The van der Waals surface area contributed by atoms with Crippen molar-refractivity contribution in [3.05, 3.63) is 42.2 Å². The minimum absolute atomic E-state index is 0.0195. The number of anilines is 1. The first-order valence-corrected chi connectivity index (χ1v) is 5.10. The van der Waals surface area contributed by atoms with Crippen molar-refractivity contribution >= 4 is 11.7 Å². The first-order valence-electron chi connectivity index (χ1n) is 5.10. The van der Waals surface area contributed by atoms with Gasteiger partial charge in [-0.25, -0.2) is 9.18 Å². The van der Waals surface area contributed by atoms with Gasteiger partial charge in [0.1, 0.15) is 5.82 Å². The molecule has 17 heavy (non-hydrogen) atoms. The first kappa shape index (κ1) is 13.2. The molecule has 1 rings (SSSR count). The highest BCUT2D eigenvalue weighted by atomic mass is 19.1. The van der Waals surface area contributed by atoms with E-state index in [1.807, 2.05) is 0 Å². The number of carboxylic acids is 1. The Balaban J connectivity index is 3.23. The van der Waals surface area contributed by atoms with Crippen LogP contribution in [-0.2, 0) is 0 Å². The topological polar surface area (TPSA) is 60.8 Å². The Hall–Kier alpha value is -1.88. The maximum absolute atomic E-state index is 13.7. The predicted octanol–water partition coefficient (Wildman–Crippen LogP) is 1.51. The van der Waals surface area contributed by atoms with Crippen molar-refractivity contribution in [1.29, 1.82) is 0 Å². The largest absolute Gasteiger partial charge is 0.478 e. The zero-order chi connectivity index (χ0) is 12.8. The summed E-state index contributed by atoms with van der Waals surface area (Å²) in [5.41, 5.74) is -0.144. The third-order valence-corrected chi connectivity index (χ3v) is 2.25. The first-order chi connectivity index (χ1) is 8.11. The van der Waals surface area contributed by atoms with Crippen molar-refractivity contribution in [2.75, 3.05) is 24.6 Å². The highest BCUT2D eigenvalue weighted by Gasteiger charge is 2.18. The van der Waals surface area contributed by atoms with E-state index in [-0.39, 0.29) is 30.9 Å². The zero-order valence-electron chi connectivity index (χ0n) is 9.27. The van der Waals surface area contributed by atoms with Crippen molar-refractivity contribution < 1.29 is 19.4 Å². The fourth-order valence-electron chi connectivity index (χ4n) is 1.58. The molecular weight excluding hydrogens is 225 g/mol. The molecule has 0 aliphatic rings. The molecule has 0 heterocycles. The molecule has 4 nitrogen and oxygen atoms in total. The van der Waals surface area contributed by atoms with Gasteiger partial charge in [-0.2, -0.15) is 0 Å². The molecule has 1 aromatic carbocycles. The molecule has 0 radical (unpaired) electrons. The standard InChI is InChI=1S/C12H14FNO3/c1-2-6-14(7-8-15)11-9(12(16)17)4-3-5-10(11)13/h2-5,15H,1,6-8H2,(H,16,17). The second-order valence-corrected chi connectivity index (χ2v) is 3.40. The smallest absolute Gasteiger partial charge is 0.337 e. The molecule has 0 aliphatic heterocycles. The van der Waals surface area contributed by atoms with Crippen LogP contribution < -0.4 is 4.90 Å². The summed E-state index contributed by atoms with van der Waals surface area (Å²) >= 11 is 0. The Morgan fingerprint density at radius 3 is 2.76 bits per heavy atom. The van der Waals surface area contributed by atoms with Crippen LogP contribution in [0.5, 0.6) is 0 Å². The summed E-state index contributed by atoms with van der Waals surface area (Å²) in [6.07, 6.45) is 1.52. The molecule has 0 saturated carbocycles. The third-order valence-electron chi connectivity index (χ3n) is 2.25. The number of hydrogen-bond donors (Lipinski definition) is 2. The Morgan fingerprint density at radius 2 is 2.24 bits per heavy atom. The number of nitrogens with zero attached hydrogens (tertiary/aromatic N) is 1. The lowest BCUT2D eigenvalue weighted by Crippen LogP contribution is -2.29. The minimum Gasteiger partial charge on any atom is -0.478 e. The highest BCUT2D eigenvalue weighted by molar-refractivity contribution is 5.94. The van der Waals surface area contributed by atoms with E-state index in [0.29, 0.717) is 0 Å². The second kappa shape index (κ2) is 6.00. The Morgan fingerprint density at radius 1 is 1.53 bits per heavy atom. The second-order valence-electron chi connectivity index (χ2n) is 3.40. The van der Waals surface area contributed by atoms with Crippen molar-refractivity contribution in [3.63, 3.8) is 0 Å². The van der Waals surface area contributed by atoms with Gasteiger partial charge in [-0.1, -0.05) is 12.1 Å². The highest BCUT2D eigenvalue weighted by Crippen LogP contribution is 2.24. The molecule has 2 N–H and O–H groups in total. The van der Waals surface area contributed by atoms with Crippen molar-refractivity contribution in [1.82, 2.24) is 0 Å². The fourth-order valence-corrected chi connectivity index (χ4v) is 1.58. The lowest BCUT2D eigenvalue weighted by Gasteiger charge is -2.24. The van der Waals surface area contributed by atoms with Crippen LogP contribution in [0.4, 0.5) is 10.1 Å². The molecule has 0 spiro atoms. The number of rotatable bonds is 6. The van der Waals surface area contributed by atoms with Gasteiger partial charge in [0.15, 0.2) is 0 Å². The number of halogens is 1. The summed E-state index contributed by atoms with van der Waals surface area (Å²) in [7, 11) is 0. The SMILES string of the molecule is C=CCN(CCO)c1c(F)cccc1C(=O)O. The van der Waals surface area contributed by atoms with E-state index < -0.39 is 11.8 Å². The summed E-state index contributed by atoms with van der Waals surface area (Å²) in [5, 5.41) is 17.9. The molecule has 0 fully saturated rings. The number of benzene rings is 1. The van der Waals surface area contributed by atoms with Crippen LogP contribution in [0.1, 0.15) is 10.4 Å². The van der Waals surface area contributed by atoms with Gasteiger partial charge >= 0.3 is 5.97 Å². The number of carbonyl (C=O) groups is 1. The average molecular weight is 239 g/mol. The van der Waals surface area contributed by atoms with E-state index in [0.717, 1.165) is 0 Å². The van der Waals surface area contributed by atoms with Crippen molar-refractivity contribution in [2.45, 2.75) is 0 Å². The molecular formula is C12H14FNO3. The van der Waals surface area contributed by atoms with E-state index in [1.165, 1.54) is 29.2 Å². The summed E-state index contributed by atoms with van der Waals surface area (Å²) in [6.45, 7) is 3.74. The van der Waals surface area contributed by atoms with E-state index in [1.54, 1.807) is 0 Å². The van der Waals surface area contributed by atoms with E-state index in [4.69, 9.17) is 10.2 Å². The maximum atomic E-state index is 13.7. The number of hydrogen-bond acceptors (Lipinski definition) is 3. The summed E-state index contributed by atoms with van der Waals surface area (Å²) < 4.78 is 13.7. The van der Waals surface area contributed by atoms with Gasteiger partial charge in [-0.15, -0.1) is 6.58 Å². The molecule has 92 valence electrons. The molecule has 0 bridgehead atoms. The van der Waals surface area contributed by atoms with Crippen molar-refractivity contribution in [2.24, 2.45) is 0 Å². The summed E-state index contributed by atoms with van der Waals surface area (Å²) in [5.74, 6) is -1.83. The van der Waals surface area contributed by atoms with Crippen molar-refractivity contribution in [3.8, 4) is 0 Å². The van der Waals surface area contributed by atoms with Gasteiger partial charge in [-0.3, -0.25) is 0 Å². The predicted molar refractivity (Wildman–Crippen MR) is 62.9 cm³/mol. The van der Waals surface area contributed by atoms with Crippen LogP contribution >= 0.6 is 0 Å². The molecule has 0 aliphatic carbocycles. The van der Waals surface area contributed by atoms with Gasteiger partial charge in [0, 0.05) is 13.1 Å². The molecule has 0 saturated heterocycles. The Kier molecular flexibility index (Phi) is 4.66. The van der Waals surface area contributed by atoms with Crippen LogP contribution in [0.15, 0.2) is 30.9 Å². The third kappa shape index (κ3) is 3.04. The average Bonchev–Trinajstić information content (AvgIpc) is 2.28. The molecule has 5 heteroatoms. The molecule has 0 aromatic heterocycles. The molecule has 0 unspecified atom stereocenters. The van der Waals surface area contributed by atoms with Gasteiger partial charge < -0.3 is 15.1 Å². The lowest BCUT2D eigenvalue weighted by molar-refractivity contribution is 0.0697. The summed E-state index contributed by atoms with van der Waals surface area (Å²) in [4.78, 5) is 12.4.